The van der Waals surface area contributed by atoms with Crippen molar-refractivity contribution >= 4 is 0 Å². The molecule has 100 valence electrons. The van der Waals surface area contributed by atoms with Crippen LogP contribution in [-0.2, 0) is 0 Å². The Kier molecular flexibility index (Phi) is 3.57. The molecule has 0 aliphatic heterocycles. The largest absolute Gasteiger partial charge is 0.383 e. The summed E-state index contributed by atoms with van der Waals surface area (Å²) in [5.74, 6) is -4.41. The topological polar surface area (TPSA) is 20.2 Å². The van der Waals surface area contributed by atoms with Crippen molar-refractivity contribution in [3.63, 3.8) is 0 Å². The van der Waals surface area contributed by atoms with E-state index in [9.17, 15) is 22.7 Å². The Morgan fingerprint density at radius 1 is 0.895 bits per heavy atom. The van der Waals surface area contributed by atoms with Gasteiger partial charge >= 0.3 is 0 Å². The van der Waals surface area contributed by atoms with Gasteiger partial charge in [0.2, 0.25) is 0 Å². The molecule has 0 aromatic heterocycles. The summed E-state index contributed by atoms with van der Waals surface area (Å²) in [7, 11) is 0. The molecule has 2 aromatic carbocycles. The molecule has 5 heteroatoms. The minimum atomic E-state index is -1.83. The molecule has 0 radical (unpaired) electrons. The van der Waals surface area contributed by atoms with Crippen molar-refractivity contribution < 1.29 is 22.7 Å². The summed E-state index contributed by atoms with van der Waals surface area (Å²) in [5.41, 5.74) is -0.409. The van der Waals surface area contributed by atoms with Crippen molar-refractivity contribution in [1.29, 1.82) is 0 Å². The monoisotopic (exact) mass is 270 g/mol. The Morgan fingerprint density at radius 3 is 2.05 bits per heavy atom. The number of hydrogen-bond acceptors (Lipinski definition) is 1. The van der Waals surface area contributed by atoms with Crippen LogP contribution in [0.5, 0.6) is 0 Å². The van der Waals surface area contributed by atoms with Gasteiger partial charge in [0.05, 0.1) is 5.56 Å². The van der Waals surface area contributed by atoms with Crippen LogP contribution in [0.1, 0.15) is 22.8 Å². The van der Waals surface area contributed by atoms with Gasteiger partial charge in [-0.3, -0.25) is 0 Å². The zero-order valence-corrected chi connectivity index (χ0v) is 9.92. The zero-order valence-electron chi connectivity index (χ0n) is 9.92. The highest BCUT2D eigenvalue weighted by molar-refractivity contribution is 5.35. The van der Waals surface area contributed by atoms with Crippen LogP contribution in [0.4, 0.5) is 17.6 Å². The van der Waals surface area contributed by atoms with Gasteiger partial charge < -0.3 is 5.11 Å². The third-order valence-electron chi connectivity index (χ3n) is 2.76. The van der Waals surface area contributed by atoms with Gasteiger partial charge in [-0.1, -0.05) is 17.7 Å². The minimum absolute atomic E-state index is 0.260. The Labute approximate surface area is 107 Å². The van der Waals surface area contributed by atoms with Crippen molar-refractivity contribution in [2.24, 2.45) is 0 Å². The first-order valence-electron chi connectivity index (χ1n) is 5.48. The summed E-state index contributed by atoms with van der Waals surface area (Å²) in [6.07, 6.45) is -1.83. The summed E-state index contributed by atoms with van der Waals surface area (Å²) >= 11 is 0. The number of rotatable bonds is 2. The lowest BCUT2D eigenvalue weighted by molar-refractivity contribution is 0.203. The maximum Gasteiger partial charge on any atom is 0.135 e. The summed E-state index contributed by atoms with van der Waals surface area (Å²) in [4.78, 5) is 0. The fourth-order valence-corrected chi connectivity index (χ4v) is 1.84. The summed E-state index contributed by atoms with van der Waals surface area (Å²) < 4.78 is 53.4. The molecule has 0 aliphatic rings. The summed E-state index contributed by atoms with van der Waals surface area (Å²) in [6, 6.07) is 4.71. The van der Waals surface area contributed by atoms with Crippen LogP contribution in [0.2, 0.25) is 0 Å². The van der Waals surface area contributed by atoms with Crippen LogP contribution in [0.25, 0.3) is 0 Å². The van der Waals surface area contributed by atoms with Crippen LogP contribution < -0.4 is 0 Å². The highest BCUT2D eigenvalue weighted by Gasteiger charge is 2.23. The van der Waals surface area contributed by atoms with E-state index < -0.39 is 34.9 Å². The van der Waals surface area contributed by atoms with Gasteiger partial charge in [-0.25, -0.2) is 17.6 Å². The molecule has 0 aliphatic carbocycles. The van der Waals surface area contributed by atoms with Gasteiger partial charge in [-0.15, -0.1) is 0 Å². The van der Waals surface area contributed by atoms with Gasteiger partial charge in [-0.05, 0) is 13.0 Å². The average Bonchev–Trinajstić information content (AvgIpc) is 2.30. The van der Waals surface area contributed by atoms with Crippen LogP contribution in [-0.4, -0.2) is 5.11 Å². The molecule has 2 rings (SSSR count). The molecule has 1 unspecified atom stereocenters. The lowest BCUT2D eigenvalue weighted by Gasteiger charge is -2.15. The van der Waals surface area contributed by atoms with Crippen LogP contribution in [0.15, 0.2) is 30.3 Å². The fraction of sp³-hybridized carbons (Fsp3) is 0.143. The van der Waals surface area contributed by atoms with E-state index in [1.54, 1.807) is 6.92 Å². The number of benzene rings is 2. The van der Waals surface area contributed by atoms with Crippen molar-refractivity contribution in [2.75, 3.05) is 0 Å². The number of hydrogen-bond donors (Lipinski definition) is 1. The van der Waals surface area contributed by atoms with Crippen LogP contribution in [0, 0.1) is 30.2 Å². The normalized spacial score (nSPS) is 12.5. The van der Waals surface area contributed by atoms with E-state index in [1.165, 1.54) is 12.1 Å². The van der Waals surface area contributed by atoms with Crippen molar-refractivity contribution in [2.45, 2.75) is 13.0 Å². The fourth-order valence-electron chi connectivity index (χ4n) is 1.84. The van der Waals surface area contributed by atoms with E-state index in [0.717, 1.165) is 6.07 Å². The molecule has 0 amide bonds. The van der Waals surface area contributed by atoms with Gasteiger partial charge in [-0.2, -0.15) is 0 Å². The second kappa shape index (κ2) is 5.01. The second-order valence-corrected chi connectivity index (χ2v) is 4.21. The third kappa shape index (κ3) is 2.61. The number of aryl methyl sites for hydroxylation is 1. The SMILES string of the molecule is Cc1ccc(F)c(C(O)c2c(F)cc(F)cc2F)c1. The number of halogens is 4. The molecule has 1 N–H and O–H groups in total. The molecular formula is C14H10F4O. The van der Waals surface area contributed by atoms with E-state index in [-0.39, 0.29) is 5.56 Å². The summed E-state index contributed by atoms with van der Waals surface area (Å²) in [5, 5.41) is 9.91. The first-order valence-corrected chi connectivity index (χ1v) is 5.48. The van der Waals surface area contributed by atoms with Gasteiger partial charge in [0.15, 0.2) is 0 Å². The van der Waals surface area contributed by atoms with E-state index >= 15 is 0 Å². The third-order valence-corrected chi connectivity index (χ3v) is 2.76. The summed E-state index contributed by atoms with van der Waals surface area (Å²) in [6.45, 7) is 1.65. The predicted molar refractivity (Wildman–Crippen MR) is 61.5 cm³/mol. The molecule has 0 heterocycles. The van der Waals surface area contributed by atoms with E-state index in [0.29, 0.717) is 17.7 Å². The van der Waals surface area contributed by atoms with Crippen molar-refractivity contribution in [1.82, 2.24) is 0 Å². The average molecular weight is 270 g/mol. The molecule has 1 atom stereocenters. The second-order valence-electron chi connectivity index (χ2n) is 4.21. The molecule has 0 saturated carbocycles. The first-order chi connectivity index (χ1) is 8.90. The Balaban J connectivity index is 2.56. The molecular weight excluding hydrogens is 260 g/mol. The van der Waals surface area contributed by atoms with E-state index in [2.05, 4.69) is 0 Å². The van der Waals surface area contributed by atoms with Gasteiger partial charge in [0, 0.05) is 17.7 Å². The van der Waals surface area contributed by atoms with Crippen molar-refractivity contribution in [3.8, 4) is 0 Å². The maximum atomic E-state index is 13.6. The molecule has 0 saturated heterocycles. The quantitative estimate of drug-likeness (QED) is 0.826. The number of aliphatic hydroxyl groups excluding tert-OH is 1. The smallest absolute Gasteiger partial charge is 0.135 e. The molecule has 1 nitrogen and oxygen atoms in total. The Hall–Kier alpha value is -1.88. The zero-order chi connectivity index (χ0) is 14.2. The molecule has 0 spiro atoms. The lowest BCUT2D eigenvalue weighted by Crippen LogP contribution is -2.08. The maximum absolute atomic E-state index is 13.6. The van der Waals surface area contributed by atoms with E-state index in [4.69, 9.17) is 0 Å². The lowest BCUT2D eigenvalue weighted by atomic mass is 9.98. The van der Waals surface area contributed by atoms with E-state index in [1.807, 2.05) is 0 Å². The van der Waals surface area contributed by atoms with Gasteiger partial charge in [0.1, 0.15) is 29.4 Å². The highest BCUT2D eigenvalue weighted by Crippen LogP contribution is 2.29. The predicted octanol–water partition coefficient (Wildman–Crippen LogP) is 3.63. The standard InChI is InChI=1S/C14H10F4O/c1-7-2-3-10(16)9(4-7)14(19)13-11(17)5-8(15)6-12(13)18/h2-6,14,19H,1H3. The molecule has 19 heavy (non-hydrogen) atoms. The molecule has 2 aromatic rings. The molecule has 0 fully saturated rings. The van der Waals surface area contributed by atoms with Gasteiger partial charge in [0.25, 0.3) is 0 Å². The first kappa shape index (κ1) is 13.5. The Bertz CT molecular complexity index is 602. The number of aliphatic hydroxyl groups is 1. The van der Waals surface area contributed by atoms with Crippen LogP contribution >= 0.6 is 0 Å². The highest BCUT2D eigenvalue weighted by atomic mass is 19.1. The minimum Gasteiger partial charge on any atom is -0.383 e. The van der Waals surface area contributed by atoms with Crippen molar-refractivity contribution in [3.05, 3.63) is 70.3 Å². The Morgan fingerprint density at radius 2 is 1.47 bits per heavy atom. The van der Waals surface area contributed by atoms with Crippen LogP contribution in [0.3, 0.4) is 0 Å². The molecule has 0 bridgehead atoms.